The average Bonchev–Trinajstić information content (AvgIpc) is 2.32. The highest BCUT2D eigenvalue weighted by Gasteiger charge is 2.43. The molecule has 0 saturated carbocycles. The van der Waals surface area contributed by atoms with E-state index in [0.717, 1.165) is 0 Å². The fraction of sp³-hybridized carbons (Fsp3) is 0.846. The van der Waals surface area contributed by atoms with Crippen LogP contribution in [0, 0.1) is 5.92 Å². The lowest BCUT2D eigenvalue weighted by atomic mass is 9.96. The normalized spacial score (nSPS) is 23.0. The van der Waals surface area contributed by atoms with Crippen molar-refractivity contribution >= 4 is 36.1 Å². The van der Waals surface area contributed by atoms with Gasteiger partial charge in [-0.15, -0.1) is 0 Å². The minimum absolute atomic E-state index is 0.0730. The van der Waals surface area contributed by atoms with Gasteiger partial charge in [0.2, 0.25) is 5.91 Å². The summed E-state index contributed by atoms with van der Waals surface area (Å²) in [4.78, 5) is 22.7. The Morgan fingerprint density at radius 2 is 2.00 bits per heavy atom. The molecule has 0 bridgehead atoms. The van der Waals surface area contributed by atoms with Gasteiger partial charge in [0, 0.05) is 6.61 Å². The number of amides is 1. The lowest BCUT2D eigenvalue weighted by Gasteiger charge is -2.39. The molecule has 2 atom stereocenters. The standard InChI is InChI=1S/C13H24BrNO4Si/c1-13(2,3)20(4,5)18-7-6-9-11(17)15-12(9)19-10(16)8-14/h9,12H,6-8H2,1-5H3,(H,15,17)/t9-,12+/m0/s1. The maximum absolute atomic E-state index is 11.5. The Morgan fingerprint density at radius 1 is 1.40 bits per heavy atom. The van der Waals surface area contributed by atoms with E-state index in [1.807, 2.05) is 0 Å². The van der Waals surface area contributed by atoms with Crippen molar-refractivity contribution in [1.29, 1.82) is 0 Å². The third-order valence-corrected chi connectivity index (χ3v) is 9.05. The van der Waals surface area contributed by atoms with E-state index in [9.17, 15) is 9.59 Å². The summed E-state index contributed by atoms with van der Waals surface area (Å²) < 4.78 is 11.1. The van der Waals surface area contributed by atoms with Gasteiger partial charge >= 0.3 is 5.97 Å². The van der Waals surface area contributed by atoms with Crippen molar-refractivity contribution in [3.05, 3.63) is 0 Å². The Bertz CT molecular complexity index is 381. The fourth-order valence-electron chi connectivity index (χ4n) is 1.61. The smallest absolute Gasteiger partial charge is 0.318 e. The number of alkyl halides is 1. The molecule has 0 radical (unpaired) electrons. The molecule has 1 heterocycles. The fourth-order valence-corrected chi connectivity index (χ4v) is 2.81. The first-order valence-corrected chi connectivity index (χ1v) is 10.8. The molecule has 1 rings (SSSR count). The van der Waals surface area contributed by atoms with Crippen molar-refractivity contribution in [2.24, 2.45) is 5.92 Å². The first kappa shape index (κ1) is 17.6. The van der Waals surface area contributed by atoms with Crippen LogP contribution in [-0.2, 0) is 18.8 Å². The summed E-state index contributed by atoms with van der Waals surface area (Å²) >= 11 is 3.03. The monoisotopic (exact) mass is 365 g/mol. The van der Waals surface area contributed by atoms with Crippen LogP contribution >= 0.6 is 15.9 Å². The zero-order valence-corrected chi connectivity index (χ0v) is 15.4. The van der Waals surface area contributed by atoms with Crippen molar-refractivity contribution in [1.82, 2.24) is 5.32 Å². The molecule has 0 unspecified atom stereocenters. The summed E-state index contributed by atoms with van der Waals surface area (Å²) in [7, 11) is -1.79. The van der Waals surface area contributed by atoms with E-state index in [1.54, 1.807) is 0 Å². The maximum Gasteiger partial charge on any atom is 0.318 e. The number of carbonyl (C=O) groups excluding carboxylic acids is 2. The van der Waals surface area contributed by atoms with E-state index in [4.69, 9.17) is 9.16 Å². The molecule has 1 saturated heterocycles. The predicted octanol–water partition coefficient (Wildman–Crippen LogP) is 2.41. The van der Waals surface area contributed by atoms with Crippen LogP contribution in [0.5, 0.6) is 0 Å². The first-order valence-electron chi connectivity index (χ1n) is 6.78. The molecule has 5 nitrogen and oxygen atoms in total. The van der Waals surface area contributed by atoms with Gasteiger partial charge in [-0.3, -0.25) is 9.59 Å². The molecular formula is C13H24BrNO4Si. The summed E-state index contributed by atoms with van der Waals surface area (Å²) in [6, 6.07) is 0. The zero-order chi connectivity index (χ0) is 15.6. The maximum atomic E-state index is 11.5. The molecule has 20 heavy (non-hydrogen) atoms. The van der Waals surface area contributed by atoms with Crippen LogP contribution in [0.2, 0.25) is 18.1 Å². The summed E-state index contributed by atoms with van der Waals surface area (Å²) in [6.45, 7) is 11.4. The Hall–Kier alpha value is -0.403. The number of carbonyl (C=O) groups is 2. The third kappa shape index (κ3) is 4.29. The van der Waals surface area contributed by atoms with Crippen molar-refractivity contribution in [2.45, 2.75) is 51.6 Å². The summed E-state index contributed by atoms with van der Waals surface area (Å²) in [5, 5.41) is 2.87. The van der Waals surface area contributed by atoms with Crippen molar-refractivity contribution < 1.29 is 18.8 Å². The predicted molar refractivity (Wildman–Crippen MR) is 83.1 cm³/mol. The van der Waals surface area contributed by atoms with Crippen LogP contribution < -0.4 is 5.32 Å². The van der Waals surface area contributed by atoms with Crippen LogP contribution in [-0.4, -0.2) is 38.4 Å². The van der Waals surface area contributed by atoms with Crippen LogP contribution in [0.4, 0.5) is 0 Å². The number of β-lactam (4-membered cyclic amide) rings is 1. The van der Waals surface area contributed by atoms with Crippen LogP contribution in [0.25, 0.3) is 0 Å². The topological polar surface area (TPSA) is 64.6 Å². The number of nitrogens with one attached hydrogen (secondary N) is 1. The molecule has 0 aromatic rings. The molecule has 0 spiro atoms. The number of esters is 1. The van der Waals surface area contributed by atoms with E-state index in [2.05, 4.69) is 55.1 Å². The van der Waals surface area contributed by atoms with Gasteiger partial charge in [-0.1, -0.05) is 36.7 Å². The molecule has 1 amide bonds. The van der Waals surface area contributed by atoms with E-state index >= 15 is 0 Å². The van der Waals surface area contributed by atoms with Crippen LogP contribution in [0.15, 0.2) is 0 Å². The van der Waals surface area contributed by atoms with Gasteiger partial charge in [-0.2, -0.15) is 0 Å². The molecular weight excluding hydrogens is 342 g/mol. The van der Waals surface area contributed by atoms with Gasteiger partial charge in [0.25, 0.3) is 0 Å². The molecule has 1 N–H and O–H groups in total. The molecule has 0 aromatic heterocycles. The highest BCUT2D eigenvalue weighted by Crippen LogP contribution is 2.36. The summed E-state index contributed by atoms with van der Waals surface area (Å²) in [5.41, 5.74) is 0. The lowest BCUT2D eigenvalue weighted by molar-refractivity contribution is -0.167. The highest BCUT2D eigenvalue weighted by molar-refractivity contribution is 9.09. The lowest BCUT2D eigenvalue weighted by Crippen LogP contribution is -2.60. The molecule has 1 fully saturated rings. The molecule has 7 heteroatoms. The zero-order valence-electron chi connectivity index (χ0n) is 12.8. The van der Waals surface area contributed by atoms with Gasteiger partial charge < -0.3 is 14.5 Å². The molecule has 0 aromatic carbocycles. The van der Waals surface area contributed by atoms with Crippen molar-refractivity contribution in [3.63, 3.8) is 0 Å². The van der Waals surface area contributed by atoms with Gasteiger partial charge in [0.15, 0.2) is 14.5 Å². The SMILES string of the molecule is CC(C)(C)[Si](C)(C)OCC[C@H]1C(=O)N[C@@H]1OC(=O)CBr. The third-order valence-electron chi connectivity index (χ3n) is 4.05. The Balaban J connectivity index is 2.41. The average molecular weight is 366 g/mol. The van der Waals surface area contributed by atoms with Gasteiger partial charge in [-0.05, 0) is 24.6 Å². The minimum atomic E-state index is -1.79. The van der Waals surface area contributed by atoms with Crippen molar-refractivity contribution in [3.8, 4) is 0 Å². The number of halogens is 1. The van der Waals surface area contributed by atoms with Gasteiger partial charge in [-0.25, -0.2) is 0 Å². The summed E-state index contributed by atoms with van der Waals surface area (Å²) in [5.74, 6) is -0.732. The molecule has 116 valence electrons. The Morgan fingerprint density at radius 3 is 2.45 bits per heavy atom. The van der Waals surface area contributed by atoms with Gasteiger partial charge in [0.1, 0.15) is 5.33 Å². The summed E-state index contributed by atoms with van der Waals surface area (Å²) in [6.07, 6.45) is 0.0778. The van der Waals surface area contributed by atoms with Crippen LogP contribution in [0.1, 0.15) is 27.2 Å². The molecule has 1 aliphatic heterocycles. The number of ether oxygens (including phenoxy) is 1. The molecule has 0 aliphatic carbocycles. The number of hydrogen-bond acceptors (Lipinski definition) is 4. The number of rotatable bonds is 6. The van der Waals surface area contributed by atoms with E-state index in [-0.39, 0.29) is 28.2 Å². The van der Waals surface area contributed by atoms with Crippen molar-refractivity contribution in [2.75, 3.05) is 11.9 Å². The second-order valence-electron chi connectivity index (χ2n) is 6.56. The quantitative estimate of drug-likeness (QED) is 0.339. The Labute approximate surface area is 130 Å². The van der Waals surface area contributed by atoms with E-state index in [0.29, 0.717) is 13.0 Å². The Kier molecular flexibility index (Phi) is 5.80. The highest BCUT2D eigenvalue weighted by atomic mass is 79.9. The largest absolute Gasteiger partial charge is 0.440 e. The van der Waals surface area contributed by atoms with E-state index < -0.39 is 14.5 Å². The van der Waals surface area contributed by atoms with Gasteiger partial charge in [0.05, 0.1) is 5.92 Å². The number of hydrogen-bond donors (Lipinski definition) is 1. The van der Waals surface area contributed by atoms with Crippen LogP contribution in [0.3, 0.4) is 0 Å². The second-order valence-corrected chi connectivity index (χ2v) is 11.9. The molecule has 1 aliphatic rings. The second kappa shape index (κ2) is 6.57. The van der Waals surface area contributed by atoms with E-state index in [1.165, 1.54) is 0 Å². The minimum Gasteiger partial charge on any atom is -0.440 e. The first-order chi connectivity index (χ1) is 9.08.